The van der Waals surface area contributed by atoms with Crippen LogP contribution >= 0.6 is 0 Å². The molecule has 0 spiro atoms. The SMILES string of the molecule is CCc1cc(Nc2nc3ncn(CCOC)c3c(=O)[nH]2)ccc1C. The molecule has 24 heavy (non-hydrogen) atoms. The van der Waals surface area contributed by atoms with E-state index in [0.29, 0.717) is 30.3 Å². The molecule has 0 atom stereocenters. The van der Waals surface area contributed by atoms with E-state index in [-0.39, 0.29) is 5.56 Å². The minimum Gasteiger partial charge on any atom is -0.383 e. The van der Waals surface area contributed by atoms with Gasteiger partial charge in [-0.1, -0.05) is 13.0 Å². The number of ether oxygens (including phenoxy) is 1. The monoisotopic (exact) mass is 327 g/mol. The van der Waals surface area contributed by atoms with Crippen LogP contribution in [-0.2, 0) is 17.7 Å². The van der Waals surface area contributed by atoms with Crippen molar-refractivity contribution in [3.63, 3.8) is 0 Å². The molecule has 0 unspecified atom stereocenters. The number of rotatable bonds is 6. The van der Waals surface area contributed by atoms with E-state index in [4.69, 9.17) is 4.74 Å². The minimum absolute atomic E-state index is 0.223. The Kier molecular flexibility index (Phi) is 4.61. The molecule has 0 amide bonds. The molecule has 0 aliphatic heterocycles. The molecule has 0 fully saturated rings. The Bertz CT molecular complexity index is 913. The van der Waals surface area contributed by atoms with Gasteiger partial charge in [0.15, 0.2) is 11.2 Å². The van der Waals surface area contributed by atoms with Crippen molar-refractivity contribution in [1.82, 2.24) is 19.5 Å². The normalized spacial score (nSPS) is 11.1. The van der Waals surface area contributed by atoms with Crippen LogP contribution in [0.4, 0.5) is 11.6 Å². The highest BCUT2D eigenvalue weighted by molar-refractivity contribution is 5.71. The fraction of sp³-hybridized carbons (Fsp3) is 0.353. The summed E-state index contributed by atoms with van der Waals surface area (Å²) in [6.07, 6.45) is 2.56. The third-order valence-corrected chi connectivity index (χ3v) is 4.01. The standard InChI is InChI=1S/C17H21N5O2/c1-4-12-9-13(6-5-11(12)2)19-17-20-15-14(16(23)21-17)22(10-18-15)7-8-24-3/h5-6,9-10H,4,7-8H2,1-3H3,(H2,19,20,21,23). The van der Waals surface area contributed by atoms with Gasteiger partial charge in [0.1, 0.15) is 0 Å². The van der Waals surface area contributed by atoms with E-state index in [1.54, 1.807) is 18.0 Å². The Morgan fingerprint density at radius 1 is 1.38 bits per heavy atom. The van der Waals surface area contributed by atoms with Crippen LogP contribution in [0.1, 0.15) is 18.1 Å². The van der Waals surface area contributed by atoms with Crippen LogP contribution in [0.15, 0.2) is 29.3 Å². The number of aryl methyl sites for hydroxylation is 2. The second-order valence-corrected chi connectivity index (χ2v) is 5.64. The van der Waals surface area contributed by atoms with Gasteiger partial charge in [0.05, 0.1) is 12.9 Å². The summed E-state index contributed by atoms with van der Waals surface area (Å²) in [7, 11) is 1.62. The van der Waals surface area contributed by atoms with Crippen molar-refractivity contribution in [1.29, 1.82) is 0 Å². The lowest BCUT2D eigenvalue weighted by Gasteiger charge is -2.09. The highest BCUT2D eigenvalue weighted by atomic mass is 16.5. The van der Waals surface area contributed by atoms with Crippen molar-refractivity contribution < 1.29 is 4.74 Å². The predicted molar refractivity (Wildman–Crippen MR) is 93.9 cm³/mol. The maximum Gasteiger partial charge on any atom is 0.278 e. The first-order valence-electron chi connectivity index (χ1n) is 7.93. The molecule has 3 aromatic rings. The first-order valence-corrected chi connectivity index (χ1v) is 7.93. The second-order valence-electron chi connectivity index (χ2n) is 5.64. The Morgan fingerprint density at radius 3 is 2.96 bits per heavy atom. The van der Waals surface area contributed by atoms with Crippen molar-refractivity contribution in [3.05, 3.63) is 46.0 Å². The molecule has 2 heterocycles. The maximum atomic E-state index is 12.4. The highest BCUT2D eigenvalue weighted by Gasteiger charge is 2.11. The first kappa shape index (κ1) is 16.2. The lowest BCUT2D eigenvalue weighted by atomic mass is 10.1. The fourth-order valence-electron chi connectivity index (χ4n) is 2.67. The zero-order valence-electron chi connectivity index (χ0n) is 14.1. The number of anilines is 2. The third kappa shape index (κ3) is 3.16. The van der Waals surface area contributed by atoms with Crippen molar-refractivity contribution in [3.8, 4) is 0 Å². The number of methoxy groups -OCH3 is 1. The number of hydrogen-bond acceptors (Lipinski definition) is 5. The summed E-state index contributed by atoms with van der Waals surface area (Å²) >= 11 is 0. The third-order valence-electron chi connectivity index (χ3n) is 4.01. The maximum absolute atomic E-state index is 12.4. The van der Waals surface area contributed by atoms with Gasteiger partial charge in [-0.2, -0.15) is 4.98 Å². The summed E-state index contributed by atoms with van der Waals surface area (Å²) in [5.74, 6) is 0.385. The lowest BCUT2D eigenvalue weighted by molar-refractivity contribution is 0.188. The highest BCUT2D eigenvalue weighted by Crippen LogP contribution is 2.19. The van der Waals surface area contributed by atoms with E-state index in [2.05, 4.69) is 46.2 Å². The van der Waals surface area contributed by atoms with Crippen LogP contribution in [0.2, 0.25) is 0 Å². The number of hydrogen-bond donors (Lipinski definition) is 2. The van der Waals surface area contributed by atoms with Crippen LogP contribution < -0.4 is 10.9 Å². The molecule has 2 aromatic heterocycles. The average molecular weight is 327 g/mol. The zero-order valence-corrected chi connectivity index (χ0v) is 14.1. The molecule has 0 saturated carbocycles. The van der Waals surface area contributed by atoms with Crippen molar-refractivity contribution in [2.75, 3.05) is 19.0 Å². The Balaban J connectivity index is 1.92. The fourth-order valence-corrected chi connectivity index (χ4v) is 2.67. The van der Waals surface area contributed by atoms with Gasteiger partial charge in [0, 0.05) is 19.3 Å². The predicted octanol–water partition coefficient (Wildman–Crippen LogP) is 2.38. The molecule has 7 heteroatoms. The molecule has 0 aliphatic carbocycles. The van der Waals surface area contributed by atoms with Gasteiger partial charge in [-0.15, -0.1) is 0 Å². The van der Waals surface area contributed by atoms with E-state index in [9.17, 15) is 4.79 Å². The van der Waals surface area contributed by atoms with Crippen LogP contribution in [-0.4, -0.2) is 33.2 Å². The summed E-state index contributed by atoms with van der Waals surface area (Å²) in [6, 6.07) is 6.09. The molecule has 0 radical (unpaired) electrons. The minimum atomic E-state index is -0.223. The van der Waals surface area contributed by atoms with Gasteiger partial charge in [-0.25, -0.2) is 4.98 Å². The van der Waals surface area contributed by atoms with Gasteiger partial charge in [-0.05, 0) is 36.6 Å². The average Bonchev–Trinajstić information content (AvgIpc) is 2.98. The van der Waals surface area contributed by atoms with Crippen LogP contribution in [0.5, 0.6) is 0 Å². The van der Waals surface area contributed by atoms with Gasteiger partial charge < -0.3 is 14.6 Å². The molecular formula is C17H21N5O2. The number of nitrogens with zero attached hydrogens (tertiary/aromatic N) is 3. The van der Waals surface area contributed by atoms with Crippen molar-refractivity contribution >= 4 is 22.8 Å². The van der Waals surface area contributed by atoms with E-state index in [1.165, 1.54) is 11.1 Å². The van der Waals surface area contributed by atoms with Crippen LogP contribution in [0, 0.1) is 6.92 Å². The molecule has 7 nitrogen and oxygen atoms in total. The van der Waals surface area contributed by atoms with Gasteiger partial charge >= 0.3 is 0 Å². The Labute approximate surface area is 139 Å². The number of imidazole rings is 1. The number of aromatic nitrogens is 4. The number of aromatic amines is 1. The quantitative estimate of drug-likeness (QED) is 0.726. The number of benzene rings is 1. The topological polar surface area (TPSA) is 84.8 Å². The molecule has 3 rings (SSSR count). The lowest BCUT2D eigenvalue weighted by Crippen LogP contribution is -2.15. The zero-order chi connectivity index (χ0) is 17.1. The van der Waals surface area contributed by atoms with E-state index in [0.717, 1.165) is 12.1 Å². The largest absolute Gasteiger partial charge is 0.383 e. The van der Waals surface area contributed by atoms with Crippen molar-refractivity contribution in [2.24, 2.45) is 0 Å². The molecule has 1 aromatic carbocycles. The summed E-state index contributed by atoms with van der Waals surface area (Å²) in [6.45, 7) is 5.27. The molecule has 126 valence electrons. The number of nitrogens with one attached hydrogen (secondary N) is 2. The first-order chi connectivity index (χ1) is 11.6. The molecule has 0 saturated heterocycles. The number of fused-ring (bicyclic) bond motifs is 1. The molecular weight excluding hydrogens is 306 g/mol. The van der Waals surface area contributed by atoms with Gasteiger partial charge in [-0.3, -0.25) is 9.78 Å². The summed E-state index contributed by atoms with van der Waals surface area (Å²) < 4.78 is 6.79. The molecule has 0 bridgehead atoms. The summed E-state index contributed by atoms with van der Waals surface area (Å²) in [5, 5.41) is 3.15. The van der Waals surface area contributed by atoms with Crippen molar-refractivity contribution in [2.45, 2.75) is 26.8 Å². The van der Waals surface area contributed by atoms with E-state index in [1.807, 2.05) is 6.07 Å². The Hall–Kier alpha value is -2.67. The Morgan fingerprint density at radius 2 is 2.21 bits per heavy atom. The smallest absolute Gasteiger partial charge is 0.278 e. The van der Waals surface area contributed by atoms with E-state index < -0.39 is 0 Å². The summed E-state index contributed by atoms with van der Waals surface area (Å²) in [5.41, 5.74) is 4.04. The van der Waals surface area contributed by atoms with E-state index >= 15 is 0 Å². The van der Waals surface area contributed by atoms with Gasteiger partial charge in [0.2, 0.25) is 5.95 Å². The second kappa shape index (κ2) is 6.84. The van der Waals surface area contributed by atoms with Crippen LogP contribution in [0.3, 0.4) is 0 Å². The number of H-pyrrole nitrogens is 1. The summed E-state index contributed by atoms with van der Waals surface area (Å²) in [4.78, 5) is 23.8. The molecule has 2 N–H and O–H groups in total. The van der Waals surface area contributed by atoms with Crippen LogP contribution in [0.25, 0.3) is 11.2 Å². The van der Waals surface area contributed by atoms with Gasteiger partial charge in [0.25, 0.3) is 5.56 Å². The molecule has 0 aliphatic rings.